The fourth-order valence-corrected chi connectivity index (χ4v) is 3.72. The first-order chi connectivity index (χ1) is 9.60. The number of hydrogen-bond donors (Lipinski definition) is 2. The zero-order valence-corrected chi connectivity index (χ0v) is 13.3. The van der Waals surface area contributed by atoms with E-state index in [1.54, 1.807) is 6.07 Å². The number of rotatable bonds is 3. The Morgan fingerprint density at radius 1 is 1.35 bits per heavy atom. The molecule has 0 spiro atoms. The second-order valence-electron chi connectivity index (χ2n) is 3.69. The van der Waals surface area contributed by atoms with Gasteiger partial charge in [0.2, 0.25) is 0 Å². The Morgan fingerprint density at radius 3 is 2.80 bits per heavy atom. The fraction of sp³-hybridized carbons (Fsp3) is 0.154. The van der Waals surface area contributed by atoms with Gasteiger partial charge in [0.25, 0.3) is 5.91 Å². The molecule has 2 aromatic heterocycles. The van der Waals surface area contributed by atoms with Crippen molar-refractivity contribution in [2.75, 3.05) is 6.54 Å². The molecule has 0 aliphatic carbocycles. The van der Waals surface area contributed by atoms with Gasteiger partial charge in [0.15, 0.2) is 0 Å². The number of carbonyl (C=O) groups excluding carboxylic acids is 1. The number of thiophene rings is 2. The molecule has 7 heteroatoms. The molecule has 3 N–H and O–H groups in total. The van der Waals surface area contributed by atoms with E-state index in [1.165, 1.54) is 22.7 Å². The minimum atomic E-state index is -0.235. The van der Waals surface area contributed by atoms with Gasteiger partial charge in [-0.1, -0.05) is 35.0 Å². The van der Waals surface area contributed by atoms with Gasteiger partial charge in [0.1, 0.15) is 4.34 Å². The molecular weight excluding hydrogens is 335 g/mol. The minimum absolute atomic E-state index is 0.235. The van der Waals surface area contributed by atoms with Crippen molar-refractivity contribution in [1.29, 1.82) is 0 Å². The highest BCUT2D eigenvalue weighted by Gasteiger charge is 2.14. The molecule has 0 aliphatic rings. The maximum absolute atomic E-state index is 11.9. The summed E-state index contributed by atoms with van der Waals surface area (Å²) < 4.78 is 0.892. The number of nitrogens with one attached hydrogen (secondary N) is 1. The summed E-state index contributed by atoms with van der Waals surface area (Å²) in [5.74, 6) is 5.50. The number of carbonyl (C=O) groups is 1. The molecular formula is C13H10Cl2N2OS2. The maximum atomic E-state index is 11.9. The molecule has 2 heterocycles. The normalized spacial score (nSPS) is 9.95. The highest BCUT2D eigenvalue weighted by molar-refractivity contribution is 7.20. The molecule has 2 rings (SSSR count). The molecule has 0 saturated carbocycles. The number of amides is 1. The number of hydrogen-bond acceptors (Lipinski definition) is 4. The van der Waals surface area contributed by atoms with Crippen LogP contribution >= 0.6 is 45.9 Å². The first-order valence-electron chi connectivity index (χ1n) is 5.61. The zero-order valence-electron chi connectivity index (χ0n) is 10.2. The largest absolute Gasteiger partial charge is 0.347 e. The third-order valence-corrected chi connectivity index (χ3v) is 4.79. The number of nitrogens with two attached hydrogens (primary N) is 1. The van der Waals surface area contributed by atoms with E-state index in [9.17, 15) is 4.79 Å². The van der Waals surface area contributed by atoms with Gasteiger partial charge >= 0.3 is 0 Å². The average molecular weight is 345 g/mol. The van der Waals surface area contributed by atoms with Crippen molar-refractivity contribution in [1.82, 2.24) is 5.32 Å². The van der Waals surface area contributed by atoms with Crippen LogP contribution in [0.15, 0.2) is 18.2 Å². The van der Waals surface area contributed by atoms with Crippen molar-refractivity contribution in [3.05, 3.63) is 42.2 Å². The maximum Gasteiger partial charge on any atom is 0.254 e. The van der Waals surface area contributed by atoms with Crippen LogP contribution in [-0.2, 0) is 6.54 Å². The van der Waals surface area contributed by atoms with Crippen molar-refractivity contribution in [2.24, 2.45) is 5.73 Å². The van der Waals surface area contributed by atoms with E-state index in [0.717, 1.165) is 9.75 Å². The molecule has 0 saturated heterocycles. The first kappa shape index (κ1) is 15.4. The van der Waals surface area contributed by atoms with Crippen LogP contribution in [0.3, 0.4) is 0 Å². The van der Waals surface area contributed by atoms with Gasteiger partial charge < -0.3 is 11.1 Å². The van der Waals surface area contributed by atoms with Crippen molar-refractivity contribution >= 4 is 51.8 Å². The van der Waals surface area contributed by atoms with Crippen LogP contribution in [0.1, 0.15) is 20.1 Å². The van der Waals surface area contributed by atoms with Crippen LogP contribution in [0, 0.1) is 11.8 Å². The summed E-state index contributed by atoms with van der Waals surface area (Å²) in [4.78, 5) is 13.9. The molecule has 3 nitrogen and oxygen atoms in total. The van der Waals surface area contributed by atoms with Crippen LogP contribution in [-0.4, -0.2) is 12.5 Å². The summed E-state index contributed by atoms with van der Waals surface area (Å²) in [7, 11) is 0. The summed E-state index contributed by atoms with van der Waals surface area (Å²) in [6.45, 7) is 0.763. The Balaban J connectivity index is 1.96. The molecule has 0 bridgehead atoms. The van der Waals surface area contributed by atoms with Gasteiger partial charge in [-0.05, 0) is 18.2 Å². The summed E-state index contributed by atoms with van der Waals surface area (Å²) in [6, 6.07) is 5.40. The van der Waals surface area contributed by atoms with Crippen LogP contribution in [0.4, 0.5) is 0 Å². The van der Waals surface area contributed by atoms with Gasteiger partial charge in [0.05, 0.1) is 27.9 Å². The summed E-state index contributed by atoms with van der Waals surface area (Å²) >= 11 is 14.4. The molecule has 0 atom stereocenters. The van der Waals surface area contributed by atoms with Crippen molar-refractivity contribution < 1.29 is 4.79 Å². The lowest BCUT2D eigenvalue weighted by molar-refractivity contribution is 0.0952. The van der Waals surface area contributed by atoms with E-state index in [0.29, 0.717) is 27.3 Å². The quantitative estimate of drug-likeness (QED) is 0.838. The molecule has 0 radical (unpaired) electrons. The molecule has 104 valence electrons. The SMILES string of the molecule is NCC#Cc1ccc(CNC(=O)c2cc(Cl)sc2Cl)s1. The van der Waals surface area contributed by atoms with Crippen LogP contribution in [0.2, 0.25) is 8.67 Å². The minimum Gasteiger partial charge on any atom is -0.347 e. The Hall–Kier alpha value is -1.03. The van der Waals surface area contributed by atoms with Gasteiger partial charge in [-0.15, -0.1) is 22.7 Å². The molecule has 0 aliphatic heterocycles. The van der Waals surface area contributed by atoms with E-state index < -0.39 is 0 Å². The van der Waals surface area contributed by atoms with E-state index in [2.05, 4.69) is 17.2 Å². The van der Waals surface area contributed by atoms with Gasteiger partial charge in [-0.3, -0.25) is 4.79 Å². The highest BCUT2D eigenvalue weighted by atomic mass is 35.5. The van der Waals surface area contributed by atoms with Crippen molar-refractivity contribution in [2.45, 2.75) is 6.54 Å². The predicted octanol–water partition coefficient (Wildman–Crippen LogP) is 3.36. The summed E-state index contributed by atoms with van der Waals surface area (Å²) in [5.41, 5.74) is 5.72. The molecule has 2 aromatic rings. The third kappa shape index (κ3) is 3.98. The van der Waals surface area contributed by atoms with E-state index in [1.807, 2.05) is 12.1 Å². The molecule has 20 heavy (non-hydrogen) atoms. The van der Waals surface area contributed by atoms with E-state index in [4.69, 9.17) is 28.9 Å². The van der Waals surface area contributed by atoms with E-state index in [-0.39, 0.29) is 5.91 Å². The monoisotopic (exact) mass is 344 g/mol. The van der Waals surface area contributed by atoms with E-state index >= 15 is 0 Å². The van der Waals surface area contributed by atoms with Gasteiger partial charge in [-0.25, -0.2) is 0 Å². The molecule has 0 aromatic carbocycles. The van der Waals surface area contributed by atoms with Gasteiger partial charge in [0, 0.05) is 4.88 Å². The fourth-order valence-electron chi connectivity index (χ4n) is 1.44. The lowest BCUT2D eigenvalue weighted by atomic mass is 10.3. The highest BCUT2D eigenvalue weighted by Crippen LogP contribution is 2.31. The zero-order chi connectivity index (χ0) is 14.5. The molecule has 0 unspecified atom stereocenters. The lowest BCUT2D eigenvalue weighted by Crippen LogP contribution is -2.21. The number of halogens is 2. The topological polar surface area (TPSA) is 55.1 Å². The second-order valence-corrected chi connectivity index (χ2v) is 7.15. The Kier molecular flexibility index (Phi) is 5.46. The average Bonchev–Trinajstić information content (AvgIpc) is 3.00. The summed E-state index contributed by atoms with van der Waals surface area (Å²) in [6.07, 6.45) is 0. The standard InChI is InChI=1S/C13H10Cl2N2OS2/c14-11-6-10(12(15)20-11)13(18)17-7-9-4-3-8(19-9)2-1-5-16/h3-4,6H,5,7,16H2,(H,17,18). The van der Waals surface area contributed by atoms with Crippen molar-refractivity contribution in [3.8, 4) is 11.8 Å². The van der Waals surface area contributed by atoms with Crippen LogP contribution in [0.25, 0.3) is 0 Å². The lowest BCUT2D eigenvalue weighted by Gasteiger charge is -2.01. The van der Waals surface area contributed by atoms with Crippen LogP contribution < -0.4 is 11.1 Å². The van der Waals surface area contributed by atoms with Crippen LogP contribution in [0.5, 0.6) is 0 Å². The van der Waals surface area contributed by atoms with Gasteiger partial charge in [-0.2, -0.15) is 0 Å². The third-order valence-electron chi connectivity index (χ3n) is 2.30. The van der Waals surface area contributed by atoms with Crippen molar-refractivity contribution in [3.63, 3.8) is 0 Å². The first-order valence-corrected chi connectivity index (χ1v) is 7.99. The Labute approximate surface area is 134 Å². The molecule has 1 amide bonds. The Morgan fingerprint density at radius 2 is 2.15 bits per heavy atom. The predicted molar refractivity (Wildman–Crippen MR) is 85.8 cm³/mol. The summed E-state index contributed by atoms with van der Waals surface area (Å²) in [5, 5.41) is 2.80. The smallest absolute Gasteiger partial charge is 0.254 e. The molecule has 0 fully saturated rings. The Bertz CT molecular complexity index is 682. The second kappa shape index (κ2) is 7.11.